The first-order chi connectivity index (χ1) is 17.6. The minimum absolute atomic E-state index is 0.114. The van der Waals surface area contributed by atoms with Crippen molar-refractivity contribution in [1.29, 1.82) is 0 Å². The lowest BCUT2D eigenvalue weighted by Gasteiger charge is -2.54. The van der Waals surface area contributed by atoms with Crippen LogP contribution in [0.3, 0.4) is 0 Å². The third-order valence-corrected chi connectivity index (χ3v) is 11.9. The molecular formula is C30H41NO5Si. The Bertz CT molecular complexity index is 1120. The number of hydrogen-bond donors (Lipinski definition) is 1. The third kappa shape index (κ3) is 4.54. The van der Waals surface area contributed by atoms with Gasteiger partial charge in [-0.05, 0) is 67.3 Å². The molecule has 6 atom stereocenters. The van der Waals surface area contributed by atoms with Gasteiger partial charge in [0.25, 0.3) is 0 Å². The highest BCUT2D eigenvalue weighted by Crippen LogP contribution is 2.65. The Balaban J connectivity index is 1.58. The molecule has 2 bridgehead atoms. The van der Waals surface area contributed by atoms with Crippen molar-refractivity contribution in [2.24, 2.45) is 11.8 Å². The highest BCUT2D eigenvalue weighted by molar-refractivity contribution is 6.77. The number of hydrogen-bond acceptors (Lipinski definition) is 6. The average Bonchev–Trinajstić information content (AvgIpc) is 3.35. The fraction of sp³-hybridized carbons (Fsp3) is 0.567. The fourth-order valence-electron chi connectivity index (χ4n) is 7.09. The van der Waals surface area contributed by atoms with Gasteiger partial charge in [0.15, 0.2) is 0 Å². The minimum atomic E-state index is -1.58. The van der Waals surface area contributed by atoms with Gasteiger partial charge in [-0.25, -0.2) is 9.69 Å². The number of nitrogens with zero attached hydrogens (tertiary/aromatic N) is 1. The van der Waals surface area contributed by atoms with Crippen LogP contribution in [0.1, 0.15) is 37.3 Å². The molecule has 200 valence electrons. The predicted octanol–water partition coefficient (Wildman–Crippen LogP) is 5.23. The van der Waals surface area contributed by atoms with Gasteiger partial charge >= 0.3 is 5.97 Å². The number of piperidine rings is 1. The first-order valence-electron chi connectivity index (χ1n) is 13.6. The Morgan fingerprint density at radius 1 is 1.11 bits per heavy atom. The van der Waals surface area contributed by atoms with E-state index in [1.54, 1.807) is 7.11 Å². The van der Waals surface area contributed by atoms with Crippen molar-refractivity contribution in [1.82, 2.24) is 4.90 Å². The fourth-order valence-corrected chi connectivity index (χ4v) is 9.01. The van der Waals surface area contributed by atoms with Crippen molar-refractivity contribution in [3.8, 4) is 5.75 Å². The molecule has 2 aliphatic heterocycles. The summed E-state index contributed by atoms with van der Waals surface area (Å²) in [5.41, 5.74) is 0.787. The lowest BCUT2D eigenvalue weighted by molar-refractivity contribution is -0.177. The van der Waals surface area contributed by atoms with Crippen molar-refractivity contribution in [3.63, 3.8) is 0 Å². The molecule has 1 spiro atoms. The van der Waals surface area contributed by atoms with Gasteiger partial charge in [-0.15, -0.1) is 0 Å². The predicted molar refractivity (Wildman–Crippen MR) is 146 cm³/mol. The van der Waals surface area contributed by atoms with Gasteiger partial charge in [0.05, 0.1) is 13.7 Å². The molecule has 2 aromatic rings. The highest BCUT2D eigenvalue weighted by atomic mass is 28.3. The number of likely N-dealkylation sites (tertiary alicyclic amines) is 1. The number of esters is 1. The lowest BCUT2D eigenvalue weighted by Crippen LogP contribution is -2.63. The molecule has 0 radical (unpaired) electrons. The zero-order valence-electron chi connectivity index (χ0n) is 22.8. The molecule has 0 aromatic heterocycles. The molecule has 5 rings (SSSR count). The first-order valence-corrected chi connectivity index (χ1v) is 17.2. The summed E-state index contributed by atoms with van der Waals surface area (Å²) in [5.74, 6) is 0.858. The van der Waals surface area contributed by atoms with Gasteiger partial charge in [-0.1, -0.05) is 62.1 Å². The van der Waals surface area contributed by atoms with Gasteiger partial charge in [0, 0.05) is 20.5 Å². The summed E-state index contributed by atoms with van der Waals surface area (Å²) in [6.07, 6.45) is 2.29. The Morgan fingerprint density at radius 3 is 2.51 bits per heavy atom. The van der Waals surface area contributed by atoms with Crippen LogP contribution in [0.4, 0.5) is 0 Å². The van der Waals surface area contributed by atoms with Crippen LogP contribution in [0.25, 0.3) is 0 Å². The third-order valence-electron chi connectivity index (χ3n) is 9.03. The maximum atomic E-state index is 13.5. The molecule has 6 nitrogen and oxygen atoms in total. The lowest BCUT2D eigenvalue weighted by atomic mass is 9.66. The smallest absolute Gasteiger partial charge is 0.342 e. The van der Waals surface area contributed by atoms with Crippen LogP contribution in [-0.4, -0.2) is 55.3 Å². The van der Waals surface area contributed by atoms with Crippen LogP contribution in [0, 0.1) is 11.8 Å². The molecule has 2 saturated heterocycles. The van der Waals surface area contributed by atoms with E-state index in [0.29, 0.717) is 24.4 Å². The molecule has 1 N–H and O–H groups in total. The van der Waals surface area contributed by atoms with E-state index in [0.717, 1.165) is 30.6 Å². The minimum Gasteiger partial charge on any atom is -0.497 e. The maximum Gasteiger partial charge on any atom is 0.342 e. The Kier molecular flexibility index (Phi) is 7.03. The summed E-state index contributed by atoms with van der Waals surface area (Å²) in [5, 5.41) is 11.7. The van der Waals surface area contributed by atoms with Gasteiger partial charge in [0.2, 0.25) is 5.60 Å². The molecule has 2 heterocycles. The molecular weight excluding hydrogens is 482 g/mol. The molecule has 6 unspecified atom stereocenters. The van der Waals surface area contributed by atoms with E-state index in [2.05, 4.69) is 48.8 Å². The molecule has 1 aliphatic carbocycles. The van der Waals surface area contributed by atoms with Crippen molar-refractivity contribution in [2.75, 3.05) is 13.7 Å². The summed E-state index contributed by atoms with van der Waals surface area (Å²) in [7, 11) is 0.123. The summed E-state index contributed by atoms with van der Waals surface area (Å²) in [4.78, 5) is 15.6. The van der Waals surface area contributed by atoms with Crippen LogP contribution in [-0.2, 0) is 27.2 Å². The normalized spacial score (nSPS) is 33.2. The van der Waals surface area contributed by atoms with E-state index in [1.807, 2.05) is 37.3 Å². The van der Waals surface area contributed by atoms with E-state index < -0.39 is 31.6 Å². The quantitative estimate of drug-likeness (QED) is 0.378. The first kappa shape index (κ1) is 26.4. The van der Waals surface area contributed by atoms with E-state index in [9.17, 15) is 9.90 Å². The van der Waals surface area contributed by atoms with Crippen LogP contribution in [0.2, 0.25) is 25.2 Å². The van der Waals surface area contributed by atoms with Gasteiger partial charge in [-0.3, -0.25) is 0 Å². The second-order valence-electron chi connectivity index (χ2n) is 12.2. The van der Waals surface area contributed by atoms with Gasteiger partial charge in [-0.2, -0.15) is 0 Å². The van der Waals surface area contributed by atoms with Crippen LogP contribution >= 0.6 is 0 Å². The number of carbonyl (C=O) groups excluding carboxylic acids is 1. The van der Waals surface area contributed by atoms with Crippen molar-refractivity contribution in [2.45, 2.75) is 81.9 Å². The maximum absolute atomic E-state index is 13.5. The largest absolute Gasteiger partial charge is 0.497 e. The van der Waals surface area contributed by atoms with Crippen LogP contribution in [0.15, 0.2) is 54.6 Å². The van der Waals surface area contributed by atoms with Gasteiger partial charge < -0.3 is 19.3 Å². The van der Waals surface area contributed by atoms with E-state index >= 15 is 0 Å². The van der Waals surface area contributed by atoms with E-state index in [4.69, 9.17) is 14.2 Å². The average molecular weight is 524 g/mol. The standard InChI is InChI=1S/C30H41NO5Si/c1-6-35-28(33)29-19-26-23(15-22-13-10-14-24(16-22)34-2)17-25(37(3,4)5)18-30(26,36-29)31(27(29)32)20-21-11-8-7-9-12-21/h7-14,16,23,25-27,32H,6,15,17-20H2,1-5H3. The molecule has 3 aliphatic rings. The molecule has 37 heavy (non-hydrogen) atoms. The molecule has 1 saturated carbocycles. The zero-order chi connectivity index (χ0) is 26.4. The van der Waals surface area contributed by atoms with Crippen molar-refractivity contribution >= 4 is 14.0 Å². The second-order valence-corrected chi connectivity index (χ2v) is 17.7. The monoisotopic (exact) mass is 523 g/mol. The molecule has 3 fully saturated rings. The SMILES string of the molecule is CCOC(=O)C12CC3C(Cc4cccc(OC)c4)CC([Si](C)(C)C)CC3(O1)N(Cc1ccccc1)C2O. The zero-order valence-corrected chi connectivity index (χ0v) is 23.8. The Labute approximate surface area is 221 Å². The number of rotatable bonds is 8. The van der Waals surface area contributed by atoms with Crippen LogP contribution < -0.4 is 4.74 Å². The Hall–Kier alpha value is -2.19. The van der Waals surface area contributed by atoms with Crippen LogP contribution in [0.5, 0.6) is 5.75 Å². The van der Waals surface area contributed by atoms with E-state index in [1.165, 1.54) is 5.56 Å². The number of aliphatic hydroxyl groups excluding tert-OH is 1. The molecule has 0 amide bonds. The number of carbonyl (C=O) groups is 1. The summed E-state index contributed by atoms with van der Waals surface area (Å²) in [6, 6.07) is 18.5. The summed E-state index contributed by atoms with van der Waals surface area (Å²) < 4.78 is 17.9. The second kappa shape index (κ2) is 9.84. The number of ether oxygens (including phenoxy) is 3. The van der Waals surface area contributed by atoms with Crippen molar-refractivity contribution in [3.05, 3.63) is 65.7 Å². The number of aliphatic hydroxyl groups is 1. The van der Waals surface area contributed by atoms with Crippen molar-refractivity contribution < 1.29 is 24.1 Å². The molecule has 2 aromatic carbocycles. The Morgan fingerprint density at radius 2 is 1.84 bits per heavy atom. The molecule has 7 heteroatoms. The summed E-state index contributed by atoms with van der Waals surface area (Å²) >= 11 is 0. The highest BCUT2D eigenvalue weighted by Gasteiger charge is 2.76. The topological polar surface area (TPSA) is 68.2 Å². The summed E-state index contributed by atoms with van der Waals surface area (Å²) in [6.45, 7) is 9.89. The number of benzene rings is 2. The van der Waals surface area contributed by atoms with Gasteiger partial charge in [0.1, 0.15) is 17.7 Å². The number of methoxy groups -OCH3 is 1. The number of fused-ring (bicyclic) bond motifs is 1. The van der Waals surface area contributed by atoms with E-state index in [-0.39, 0.29) is 12.5 Å².